The fraction of sp³-hybridized carbons (Fsp3) is 0.625. The van der Waals surface area contributed by atoms with Gasteiger partial charge < -0.3 is 4.74 Å². The van der Waals surface area contributed by atoms with Crippen molar-refractivity contribution in [3.63, 3.8) is 0 Å². The third kappa shape index (κ3) is 3.96. The van der Waals surface area contributed by atoms with Crippen LogP contribution < -0.4 is 16.0 Å². The van der Waals surface area contributed by atoms with Crippen molar-refractivity contribution in [1.29, 1.82) is 0 Å². The average molecular weight is 341 g/mol. The normalized spacial score (nSPS) is 24.4. The predicted molar refractivity (Wildman–Crippen MR) is 86.6 cm³/mol. The first-order valence-electron chi connectivity index (χ1n) is 7.42. The fourth-order valence-electron chi connectivity index (χ4n) is 3.30. The van der Waals surface area contributed by atoms with Crippen molar-refractivity contribution in [3.8, 4) is 5.75 Å². The minimum absolute atomic E-state index is 0.359. The van der Waals surface area contributed by atoms with Gasteiger partial charge in [-0.15, -0.1) is 0 Å². The fourth-order valence-corrected chi connectivity index (χ4v) is 3.89. The van der Waals surface area contributed by atoms with Gasteiger partial charge in [0.05, 0.1) is 11.6 Å². The highest BCUT2D eigenvalue weighted by Crippen LogP contribution is 2.32. The van der Waals surface area contributed by atoms with Crippen molar-refractivity contribution in [2.24, 2.45) is 17.7 Å². The second-order valence-electron chi connectivity index (χ2n) is 5.98. The number of halogens is 1. The minimum Gasteiger partial charge on any atom is -0.496 e. The summed E-state index contributed by atoms with van der Waals surface area (Å²) in [7, 11) is 1.69. The Labute approximate surface area is 130 Å². The number of hydrogen-bond donors (Lipinski definition) is 2. The van der Waals surface area contributed by atoms with Crippen LogP contribution in [0.25, 0.3) is 0 Å². The second-order valence-corrected chi connectivity index (χ2v) is 6.83. The van der Waals surface area contributed by atoms with E-state index in [2.05, 4.69) is 40.4 Å². The van der Waals surface area contributed by atoms with Crippen LogP contribution in [0.4, 0.5) is 0 Å². The zero-order valence-corrected chi connectivity index (χ0v) is 13.9. The molecule has 1 aliphatic rings. The number of nitrogens with one attached hydrogen (secondary N) is 1. The maximum atomic E-state index is 5.80. The average Bonchev–Trinajstić information content (AvgIpc) is 2.45. The van der Waals surface area contributed by atoms with Crippen molar-refractivity contribution in [2.45, 2.75) is 45.1 Å². The number of benzene rings is 1. The molecule has 1 aliphatic carbocycles. The third-order valence-electron chi connectivity index (χ3n) is 4.43. The molecule has 1 aromatic carbocycles. The number of hydrazine groups is 1. The van der Waals surface area contributed by atoms with E-state index < -0.39 is 0 Å². The summed E-state index contributed by atoms with van der Waals surface area (Å²) in [5.74, 6) is 8.19. The first kappa shape index (κ1) is 15.8. The van der Waals surface area contributed by atoms with E-state index in [4.69, 9.17) is 10.6 Å². The number of ether oxygens (including phenoxy) is 1. The van der Waals surface area contributed by atoms with Crippen LogP contribution in [-0.2, 0) is 6.42 Å². The summed E-state index contributed by atoms with van der Waals surface area (Å²) in [4.78, 5) is 0. The highest BCUT2D eigenvalue weighted by Gasteiger charge is 2.26. The van der Waals surface area contributed by atoms with Crippen LogP contribution in [0.5, 0.6) is 5.75 Å². The lowest BCUT2D eigenvalue weighted by atomic mass is 9.77. The Morgan fingerprint density at radius 3 is 2.85 bits per heavy atom. The molecule has 4 heteroatoms. The van der Waals surface area contributed by atoms with Crippen LogP contribution >= 0.6 is 15.9 Å². The molecule has 1 aromatic rings. The van der Waals surface area contributed by atoms with Gasteiger partial charge in [-0.25, -0.2) is 0 Å². The zero-order chi connectivity index (χ0) is 14.5. The van der Waals surface area contributed by atoms with E-state index in [1.54, 1.807) is 7.11 Å². The van der Waals surface area contributed by atoms with Gasteiger partial charge in [0.1, 0.15) is 5.75 Å². The number of rotatable bonds is 5. The monoisotopic (exact) mass is 340 g/mol. The molecule has 0 spiro atoms. The molecule has 20 heavy (non-hydrogen) atoms. The Morgan fingerprint density at radius 1 is 1.45 bits per heavy atom. The summed E-state index contributed by atoms with van der Waals surface area (Å²) in [5, 5.41) is 0. The Hall–Kier alpha value is -0.580. The zero-order valence-electron chi connectivity index (χ0n) is 12.4. The van der Waals surface area contributed by atoms with E-state index >= 15 is 0 Å². The summed E-state index contributed by atoms with van der Waals surface area (Å²) >= 11 is 3.55. The number of hydrogen-bond acceptors (Lipinski definition) is 3. The second kappa shape index (κ2) is 7.43. The highest BCUT2D eigenvalue weighted by atomic mass is 79.9. The first-order valence-corrected chi connectivity index (χ1v) is 8.22. The van der Waals surface area contributed by atoms with Crippen molar-refractivity contribution >= 4 is 15.9 Å². The van der Waals surface area contributed by atoms with Gasteiger partial charge in [0, 0.05) is 6.04 Å². The molecule has 0 aromatic heterocycles. The molecule has 3 atom stereocenters. The molecular weight excluding hydrogens is 316 g/mol. The summed E-state index contributed by atoms with van der Waals surface area (Å²) in [5.41, 5.74) is 4.33. The van der Waals surface area contributed by atoms with Gasteiger partial charge in [0.15, 0.2) is 0 Å². The molecular formula is C16H25BrN2O. The summed E-state index contributed by atoms with van der Waals surface area (Å²) in [6, 6.07) is 6.63. The lowest BCUT2D eigenvalue weighted by Gasteiger charge is -2.33. The molecule has 0 amide bonds. The van der Waals surface area contributed by atoms with Gasteiger partial charge in [-0.1, -0.05) is 25.8 Å². The summed E-state index contributed by atoms with van der Waals surface area (Å²) in [6.07, 6.45) is 6.23. The smallest absolute Gasteiger partial charge is 0.133 e. The van der Waals surface area contributed by atoms with E-state index in [1.165, 1.54) is 31.2 Å². The molecule has 0 radical (unpaired) electrons. The van der Waals surface area contributed by atoms with Crippen LogP contribution in [0.1, 0.15) is 38.2 Å². The van der Waals surface area contributed by atoms with E-state index in [0.717, 1.165) is 22.6 Å². The SMILES string of the molecule is COc1ccc(CC(NN)C2CCCC(C)C2)cc1Br. The Kier molecular flexibility index (Phi) is 5.87. The van der Waals surface area contributed by atoms with Gasteiger partial charge in [-0.05, 0) is 64.7 Å². The van der Waals surface area contributed by atoms with Crippen molar-refractivity contribution < 1.29 is 4.74 Å². The Bertz CT molecular complexity index is 438. The summed E-state index contributed by atoms with van der Waals surface area (Å²) in [6.45, 7) is 2.35. The van der Waals surface area contributed by atoms with Gasteiger partial charge >= 0.3 is 0 Å². The Morgan fingerprint density at radius 2 is 2.25 bits per heavy atom. The van der Waals surface area contributed by atoms with Gasteiger partial charge in [-0.2, -0.15) is 0 Å². The van der Waals surface area contributed by atoms with Crippen LogP contribution in [-0.4, -0.2) is 13.2 Å². The number of methoxy groups -OCH3 is 1. The molecule has 1 fully saturated rings. The minimum atomic E-state index is 0.359. The molecule has 2 rings (SSSR count). The van der Waals surface area contributed by atoms with Crippen molar-refractivity contribution in [3.05, 3.63) is 28.2 Å². The summed E-state index contributed by atoms with van der Waals surface area (Å²) < 4.78 is 6.28. The van der Waals surface area contributed by atoms with E-state index in [0.29, 0.717) is 12.0 Å². The standard InChI is InChI=1S/C16H25BrN2O/c1-11-4-3-5-13(8-11)15(19-18)10-12-6-7-16(20-2)14(17)9-12/h6-7,9,11,13,15,19H,3-5,8,10,18H2,1-2H3. The topological polar surface area (TPSA) is 47.3 Å². The molecule has 0 saturated heterocycles. The molecule has 0 aliphatic heterocycles. The lowest BCUT2D eigenvalue weighted by Crippen LogP contribution is -2.43. The molecule has 3 nitrogen and oxygen atoms in total. The third-order valence-corrected chi connectivity index (χ3v) is 5.05. The van der Waals surface area contributed by atoms with Gasteiger partial charge in [0.25, 0.3) is 0 Å². The highest BCUT2D eigenvalue weighted by molar-refractivity contribution is 9.10. The molecule has 0 bridgehead atoms. The van der Waals surface area contributed by atoms with E-state index in [1.807, 2.05) is 6.07 Å². The molecule has 3 unspecified atom stereocenters. The lowest BCUT2D eigenvalue weighted by molar-refractivity contribution is 0.222. The predicted octanol–water partition coefficient (Wildman–Crippen LogP) is 3.66. The maximum absolute atomic E-state index is 5.80. The van der Waals surface area contributed by atoms with E-state index in [-0.39, 0.29) is 0 Å². The maximum Gasteiger partial charge on any atom is 0.133 e. The quantitative estimate of drug-likeness (QED) is 0.635. The van der Waals surface area contributed by atoms with Crippen LogP contribution in [0.15, 0.2) is 22.7 Å². The van der Waals surface area contributed by atoms with Crippen LogP contribution in [0.2, 0.25) is 0 Å². The molecule has 0 heterocycles. The molecule has 1 saturated carbocycles. The largest absolute Gasteiger partial charge is 0.496 e. The van der Waals surface area contributed by atoms with Gasteiger partial charge in [0.2, 0.25) is 0 Å². The Balaban J connectivity index is 2.04. The van der Waals surface area contributed by atoms with Crippen LogP contribution in [0, 0.1) is 11.8 Å². The number of nitrogens with two attached hydrogens (primary N) is 1. The van der Waals surface area contributed by atoms with Gasteiger partial charge in [-0.3, -0.25) is 11.3 Å². The molecule has 112 valence electrons. The molecule has 3 N–H and O–H groups in total. The van der Waals surface area contributed by atoms with Crippen LogP contribution in [0.3, 0.4) is 0 Å². The first-order chi connectivity index (χ1) is 9.63. The van der Waals surface area contributed by atoms with E-state index in [9.17, 15) is 0 Å². The van der Waals surface area contributed by atoms with Crippen molar-refractivity contribution in [1.82, 2.24) is 5.43 Å². The van der Waals surface area contributed by atoms with Crippen molar-refractivity contribution in [2.75, 3.05) is 7.11 Å².